The van der Waals surface area contributed by atoms with Gasteiger partial charge >= 0.3 is 0 Å². The quantitative estimate of drug-likeness (QED) is 0.853. The van der Waals surface area contributed by atoms with Crippen molar-refractivity contribution in [1.82, 2.24) is 15.2 Å². The molecule has 0 radical (unpaired) electrons. The number of aromatic nitrogens is 3. The van der Waals surface area contributed by atoms with Crippen LogP contribution < -0.4 is 4.90 Å². The van der Waals surface area contributed by atoms with Crippen LogP contribution >= 0.6 is 0 Å². The Morgan fingerprint density at radius 1 is 1.32 bits per heavy atom. The smallest absolute Gasteiger partial charge is 0.265 e. The Kier molecular flexibility index (Phi) is 3.67. The van der Waals surface area contributed by atoms with Crippen LogP contribution in [0.4, 0.5) is 14.6 Å². The molecule has 2 aromatic heterocycles. The normalized spacial score (nSPS) is 13.9. The Labute approximate surface area is 126 Å². The van der Waals surface area contributed by atoms with Crippen molar-refractivity contribution in [2.45, 2.75) is 26.3 Å². The second-order valence-corrected chi connectivity index (χ2v) is 5.19. The van der Waals surface area contributed by atoms with Crippen LogP contribution in [0.2, 0.25) is 0 Å². The molecule has 0 saturated carbocycles. The van der Waals surface area contributed by atoms with Gasteiger partial charge in [0.05, 0.1) is 0 Å². The van der Waals surface area contributed by atoms with Crippen LogP contribution in [0.5, 0.6) is 0 Å². The first-order valence-corrected chi connectivity index (χ1v) is 6.83. The first-order valence-electron chi connectivity index (χ1n) is 6.83. The molecular formula is C15H13F2N5. The van der Waals surface area contributed by atoms with Gasteiger partial charge in [-0.05, 0) is 30.2 Å². The third kappa shape index (κ3) is 2.60. The summed E-state index contributed by atoms with van der Waals surface area (Å²) < 4.78 is 25.6. The standard InChI is InChI=1S/C15H13F2N5/c1-9-4-12(6-18)20-21-15(9)22-3-2-13-11(8-22)5-10(7-19-13)14(16)17/h4-5,7,14H,2-3,8H2,1H3. The van der Waals surface area contributed by atoms with E-state index in [1.54, 1.807) is 6.07 Å². The fourth-order valence-corrected chi connectivity index (χ4v) is 2.59. The molecule has 0 spiro atoms. The molecule has 22 heavy (non-hydrogen) atoms. The third-order valence-electron chi connectivity index (χ3n) is 3.69. The average Bonchev–Trinajstić information content (AvgIpc) is 2.53. The van der Waals surface area contributed by atoms with Gasteiger partial charge in [0, 0.05) is 37.0 Å². The summed E-state index contributed by atoms with van der Waals surface area (Å²) in [5.41, 5.74) is 2.67. The van der Waals surface area contributed by atoms with E-state index in [2.05, 4.69) is 15.2 Å². The molecule has 0 N–H and O–H groups in total. The molecular weight excluding hydrogens is 288 g/mol. The maximum Gasteiger partial charge on any atom is 0.265 e. The van der Waals surface area contributed by atoms with Gasteiger partial charge in [-0.1, -0.05) is 0 Å². The molecule has 3 rings (SSSR count). The van der Waals surface area contributed by atoms with E-state index in [0.29, 0.717) is 25.3 Å². The van der Waals surface area contributed by atoms with Crippen molar-refractivity contribution in [3.63, 3.8) is 0 Å². The molecule has 0 fully saturated rings. The van der Waals surface area contributed by atoms with E-state index in [1.165, 1.54) is 12.3 Å². The lowest BCUT2D eigenvalue weighted by Crippen LogP contribution is -2.32. The average molecular weight is 301 g/mol. The number of rotatable bonds is 2. The van der Waals surface area contributed by atoms with Crippen molar-refractivity contribution in [3.05, 3.63) is 46.4 Å². The third-order valence-corrected chi connectivity index (χ3v) is 3.69. The van der Waals surface area contributed by atoms with E-state index in [9.17, 15) is 8.78 Å². The zero-order valence-corrected chi connectivity index (χ0v) is 11.9. The molecule has 5 nitrogen and oxygen atoms in total. The minimum atomic E-state index is -2.52. The van der Waals surface area contributed by atoms with Gasteiger partial charge in [0.15, 0.2) is 11.5 Å². The van der Waals surface area contributed by atoms with Crippen LogP contribution in [0, 0.1) is 18.3 Å². The molecule has 0 aliphatic carbocycles. The van der Waals surface area contributed by atoms with Gasteiger partial charge in [0.25, 0.3) is 6.43 Å². The van der Waals surface area contributed by atoms with Crippen molar-refractivity contribution in [2.24, 2.45) is 0 Å². The number of nitrogens with zero attached hydrogens (tertiary/aromatic N) is 5. The number of aryl methyl sites for hydroxylation is 1. The summed E-state index contributed by atoms with van der Waals surface area (Å²) in [7, 11) is 0. The highest BCUT2D eigenvalue weighted by Crippen LogP contribution is 2.27. The van der Waals surface area contributed by atoms with Gasteiger partial charge in [-0.2, -0.15) is 5.26 Å². The summed E-state index contributed by atoms with van der Waals surface area (Å²) in [6.07, 6.45) is -0.615. The zero-order chi connectivity index (χ0) is 15.7. The Balaban J connectivity index is 1.90. The summed E-state index contributed by atoms with van der Waals surface area (Å²) in [6, 6.07) is 5.13. The summed E-state index contributed by atoms with van der Waals surface area (Å²) in [5.74, 6) is 0.673. The van der Waals surface area contributed by atoms with Gasteiger partial charge in [-0.3, -0.25) is 4.98 Å². The largest absolute Gasteiger partial charge is 0.350 e. The van der Waals surface area contributed by atoms with Gasteiger partial charge in [0.2, 0.25) is 0 Å². The number of hydrogen-bond acceptors (Lipinski definition) is 5. The van der Waals surface area contributed by atoms with Crippen molar-refractivity contribution in [1.29, 1.82) is 5.26 Å². The van der Waals surface area contributed by atoms with Crippen molar-refractivity contribution in [3.8, 4) is 6.07 Å². The number of alkyl halides is 2. The summed E-state index contributed by atoms with van der Waals surface area (Å²) >= 11 is 0. The fourth-order valence-electron chi connectivity index (χ4n) is 2.59. The lowest BCUT2D eigenvalue weighted by atomic mass is 10.0. The molecule has 0 atom stereocenters. The van der Waals surface area contributed by atoms with E-state index in [1.807, 2.05) is 17.9 Å². The van der Waals surface area contributed by atoms with E-state index in [4.69, 9.17) is 5.26 Å². The molecule has 0 aromatic carbocycles. The second kappa shape index (κ2) is 5.64. The van der Waals surface area contributed by atoms with Crippen LogP contribution in [0.25, 0.3) is 0 Å². The molecule has 112 valence electrons. The highest BCUT2D eigenvalue weighted by molar-refractivity contribution is 5.49. The lowest BCUT2D eigenvalue weighted by molar-refractivity contribution is 0.150. The summed E-state index contributed by atoms with van der Waals surface area (Å²) in [5, 5.41) is 16.8. The van der Waals surface area contributed by atoms with Gasteiger partial charge in [-0.15, -0.1) is 10.2 Å². The predicted molar refractivity (Wildman–Crippen MR) is 75.4 cm³/mol. The van der Waals surface area contributed by atoms with Gasteiger partial charge in [0.1, 0.15) is 6.07 Å². The maximum atomic E-state index is 12.8. The van der Waals surface area contributed by atoms with Crippen LogP contribution in [0.1, 0.15) is 34.5 Å². The highest BCUT2D eigenvalue weighted by atomic mass is 19.3. The van der Waals surface area contributed by atoms with Crippen LogP contribution in [-0.2, 0) is 13.0 Å². The molecule has 1 aliphatic heterocycles. The molecule has 3 heterocycles. The summed E-state index contributed by atoms with van der Waals surface area (Å²) in [6.45, 7) is 3.01. The molecule has 0 bridgehead atoms. The highest BCUT2D eigenvalue weighted by Gasteiger charge is 2.22. The zero-order valence-electron chi connectivity index (χ0n) is 11.9. The topological polar surface area (TPSA) is 65.7 Å². The number of fused-ring (bicyclic) bond motifs is 1. The molecule has 2 aromatic rings. The minimum Gasteiger partial charge on any atom is -0.350 e. The van der Waals surface area contributed by atoms with Crippen LogP contribution in [-0.4, -0.2) is 21.7 Å². The monoisotopic (exact) mass is 301 g/mol. The molecule has 0 unspecified atom stereocenters. The van der Waals surface area contributed by atoms with Crippen LogP contribution in [0.3, 0.4) is 0 Å². The van der Waals surface area contributed by atoms with E-state index < -0.39 is 6.43 Å². The van der Waals surface area contributed by atoms with Crippen LogP contribution in [0.15, 0.2) is 18.3 Å². The second-order valence-electron chi connectivity index (χ2n) is 5.19. The molecule has 0 amide bonds. The number of anilines is 1. The molecule has 0 saturated heterocycles. The number of pyridine rings is 1. The first-order chi connectivity index (χ1) is 10.6. The first kappa shape index (κ1) is 14.3. The van der Waals surface area contributed by atoms with Crippen molar-refractivity contribution < 1.29 is 8.78 Å². The van der Waals surface area contributed by atoms with Crippen molar-refractivity contribution in [2.75, 3.05) is 11.4 Å². The Morgan fingerprint density at radius 3 is 2.82 bits per heavy atom. The molecule has 1 aliphatic rings. The Hall–Kier alpha value is -2.62. The number of hydrogen-bond donors (Lipinski definition) is 0. The van der Waals surface area contributed by atoms with E-state index >= 15 is 0 Å². The SMILES string of the molecule is Cc1cc(C#N)nnc1N1CCc2ncc(C(F)F)cc2C1. The summed E-state index contributed by atoms with van der Waals surface area (Å²) in [4.78, 5) is 6.11. The maximum absolute atomic E-state index is 12.8. The minimum absolute atomic E-state index is 0.0664. The predicted octanol–water partition coefficient (Wildman–Crippen LogP) is 2.55. The van der Waals surface area contributed by atoms with Crippen molar-refractivity contribution >= 4 is 5.82 Å². The fraction of sp³-hybridized carbons (Fsp3) is 0.333. The lowest BCUT2D eigenvalue weighted by Gasteiger charge is -2.30. The Bertz CT molecular complexity index is 754. The van der Waals surface area contributed by atoms with E-state index in [0.717, 1.165) is 16.8 Å². The van der Waals surface area contributed by atoms with Gasteiger partial charge < -0.3 is 4.90 Å². The number of halogens is 2. The van der Waals surface area contributed by atoms with Gasteiger partial charge in [-0.25, -0.2) is 8.78 Å². The van der Waals surface area contributed by atoms with E-state index in [-0.39, 0.29) is 11.3 Å². The number of nitriles is 1. The molecule has 7 heteroatoms. The Morgan fingerprint density at radius 2 is 2.14 bits per heavy atom.